The molecule has 0 atom stereocenters. The molecule has 0 N–H and O–H groups in total. The first kappa shape index (κ1) is 12.6. The second-order valence-electron chi connectivity index (χ2n) is 2.10. The summed E-state index contributed by atoms with van der Waals surface area (Å²) >= 11 is 0. The van der Waals surface area contributed by atoms with E-state index in [1.807, 2.05) is 0 Å². The van der Waals surface area contributed by atoms with E-state index in [1.165, 1.54) is 12.1 Å². The average molecular weight is 290 g/mol. The molecule has 6 nitrogen and oxygen atoms in total. The predicted octanol–water partition coefficient (Wildman–Crippen LogP) is 0.314. The molecular formula is C7H4AgNO5. The van der Waals surface area contributed by atoms with E-state index in [1.54, 1.807) is 0 Å². The van der Waals surface area contributed by atoms with E-state index < -0.39 is 11.1 Å². The Balaban J connectivity index is 0.00000169. The maximum Gasteiger partial charge on any atom is 1.00 e. The first-order chi connectivity index (χ1) is 6.09. The summed E-state index contributed by atoms with van der Waals surface area (Å²) in [5, 5.41) is 20.1. The Morgan fingerprint density at radius 2 is 1.79 bits per heavy atom. The first-order valence-electron chi connectivity index (χ1n) is 3.23. The van der Waals surface area contributed by atoms with Crippen LogP contribution in [0.3, 0.4) is 0 Å². The van der Waals surface area contributed by atoms with Crippen LogP contribution in [0, 0.1) is 10.1 Å². The van der Waals surface area contributed by atoms with Crippen LogP contribution in [0.1, 0.15) is 0 Å². The van der Waals surface area contributed by atoms with Gasteiger partial charge in [-0.05, 0) is 12.1 Å². The minimum absolute atomic E-state index is 0. The van der Waals surface area contributed by atoms with Crippen molar-refractivity contribution in [3.05, 3.63) is 34.4 Å². The second-order valence-corrected chi connectivity index (χ2v) is 2.10. The topological polar surface area (TPSA) is 92.5 Å². The van der Waals surface area contributed by atoms with E-state index >= 15 is 0 Å². The van der Waals surface area contributed by atoms with Crippen molar-refractivity contribution < 1.29 is 41.9 Å². The number of benzene rings is 1. The summed E-state index contributed by atoms with van der Waals surface area (Å²) in [4.78, 5) is 19.5. The Hall–Kier alpha value is -1.37. The number of carboxylic acid groups (broad SMARTS) is 1. The predicted molar refractivity (Wildman–Crippen MR) is 39.1 cm³/mol. The molecule has 14 heavy (non-hydrogen) atoms. The van der Waals surface area contributed by atoms with Gasteiger partial charge in [-0.3, -0.25) is 10.1 Å². The smallest absolute Gasteiger partial charge is 0.514 e. The third-order valence-electron chi connectivity index (χ3n) is 1.25. The molecule has 0 radical (unpaired) electrons. The summed E-state index contributed by atoms with van der Waals surface area (Å²) < 4.78 is 4.13. The monoisotopic (exact) mass is 289 g/mol. The largest absolute Gasteiger partial charge is 1.00 e. The third-order valence-corrected chi connectivity index (χ3v) is 1.25. The zero-order valence-corrected chi connectivity index (χ0v) is 8.08. The van der Waals surface area contributed by atoms with Gasteiger partial charge in [0.1, 0.15) is 0 Å². The number of nitrogens with zero attached hydrogens (tertiary/aromatic N) is 1. The molecule has 0 fully saturated rings. The van der Waals surface area contributed by atoms with E-state index in [0.717, 1.165) is 12.1 Å². The van der Waals surface area contributed by atoms with Gasteiger partial charge in [0.15, 0.2) is 0 Å². The number of hydrogen-bond donors (Lipinski definition) is 0. The van der Waals surface area contributed by atoms with Crippen molar-refractivity contribution in [2.45, 2.75) is 0 Å². The van der Waals surface area contributed by atoms with E-state index in [0.29, 0.717) is 0 Å². The van der Waals surface area contributed by atoms with Crippen molar-refractivity contribution in [3.63, 3.8) is 0 Å². The molecule has 1 aromatic carbocycles. The Morgan fingerprint density at radius 3 is 2.14 bits per heavy atom. The van der Waals surface area contributed by atoms with E-state index in [9.17, 15) is 20.0 Å². The Bertz CT molecular complexity index is 336. The van der Waals surface area contributed by atoms with E-state index in [2.05, 4.69) is 4.74 Å². The minimum Gasteiger partial charge on any atom is -0.514 e. The Kier molecular flexibility index (Phi) is 4.85. The van der Waals surface area contributed by atoms with Crippen LogP contribution < -0.4 is 9.84 Å². The Morgan fingerprint density at radius 1 is 1.29 bits per heavy atom. The molecule has 1 aromatic rings. The van der Waals surface area contributed by atoms with Gasteiger partial charge in [0.05, 0.1) is 10.7 Å². The molecular weight excluding hydrogens is 286 g/mol. The number of rotatable bonds is 2. The van der Waals surface area contributed by atoms with Gasteiger partial charge >= 0.3 is 22.4 Å². The van der Waals surface area contributed by atoms with Crippen molar-refractivity contribution in [1.82, 2.24) is 0 Å². The molecule has 0 aliphatic rings. The Labute approximate surface area is 94.2 Å². The summed E-state index contributed by atoms with van der Waals surface area (Å²) in [6, 6.07) is 4.62. The maximum atomic E-state index is 10.2. The number of hydrogen-bond acceptors (Lipinski definition) is 5. The fraction of sp³-hybridized carbons (Fsp3) is 0. The van der Waals surface area contributed by atoms with Gasteiger partial charge in [-0.2, -0.15) is 0 Å². The van der Waals surface area contributed by atoms with Crippen molar-refractivity contribution in [3.8, 4) is 5.75 Å². The van der Waals surface area contributed by atoms with Crippen molar-refractivity contribution in [2.24, 2.45) is 0 Å². The summed E-state index contributed by atoms with van der Waals surface area (Å²) in [6.07, 6.45) is -1.70. The molecule has 0 saturated carbocycles. The van der Waals surface area contributed by atoms with Gasteiger partial charge in [-0.25, -0.2) is 0 Å². The SMILES string of the molecule is O=C([O-])Oc1ccc([N+](=O)[O-])cc1.[Ag+]. The van der Waals surface area contributed by atoms with Crippen LogP contribution in [-0.2, 0) is 22.4 Å². The zero-order valence-electron chi connectivity index (χ0n) is 6.60. The summed E-state index contributed by atoms with van der Waals surface area (Å²) in [5.41, 5.74) is -0.134. The van der Waals surface area contributed by atoms with Crippen LogP contribution in [0.4, 0.5) is 10.5 Å². The van der Waals surface area contributed by atoms with Gasteiger partial charge < -0.3 is 14.6 Å². The van der Waals surface area contributed by atoms with Crippen LogP contribution in [0.2, 0.25) is 0 Å². The van der Waals surface area contributed by atoms with E-state index in [-0.39, 0.29) is 33.8 Å². The normalized spacial score (nSPS) is 8.57. The van der Waals surface area contributed by atoms with Gasteiger partial charge in [0, 0.05) is 12.1 Å². The van der Waals surface area contributed by atoms with Crippen LogP contribution >= 0.6 is 0 Å². The van der Waals surface area contributed by atoms with Crippen LogP contribution in [-0.4, -0.2) is 11.1 Å². The molecule has 7 heteroatoms. The fourth-order valence-corrected chi connectivity index (χ4v) is 0.732. The van der Waals surface area contributed by atoms with Crippen molar-refractivity contribution >= 4 is 11.8 Å². The number of nitro groups is 1. The van der Waals surface area contributed by atoms with Gasteiger partial charge in [-0.15, -0.1) is 0 Å². The number of carbonyl (C=O) groups excluding carboxylic acids is 1. The van der Waals surface area contributed by atoms with Crippen LogP contribution in [0.15, 0.2) is 24.3 Å². The number of non-ortho nitro benzene ring substituents is 1. The van der Waals surface area contributed by atoms with Gasteiger partial charge in [-0.1, -0.05) is 0 Å². The van der Waals surface area contributed by atoms with Crippen molar-refractivity contribution in [1.29, 1.82) is 0 Å². The molecule has 0 aliphatic carbocycles. The van der Waals surface area contributed by atoms with E-state index in [4.69, 9.17) is 0 Å². The summed E-state index contributed by atoms with van der Waals surface area (Å²) in [7, 11) is 0. The molecule has 78 valence electrons. The number of nitro benzene ring substituents is 1. The molecule has 0 spiro atoms. The van der Waals surface area contributed by atoms with Crippen LogP contribution in [0.5, 0.6) is 5.75 Å². The molecule has 0 amide bonds. The quantitative estimate of drug-likeness (QED) is 0.257. The molecule has 0 saturated heterocycles. The number of ether oxygens (including phenoxy) is 1. The first-order valence-corrected chi connectivity index (χ1v) is 3.23. The third kappa shape index (κ3) is 3.56. The molecule has 0 aromatic heterocycles. The molecule has 0 unspecified atom stereocenters. The second kappa shape index (κ2) is 5.38. The zero-order chi connectivity index (χ0) is 9.84. The van der Waals surface area contributed by atoms with Gasteiger partial charge in [0.25, 0.3) is 11.8 Å². The van der Waals surface area contributed by atoms with Crippen LogP contribution in [0.25, 0.3) is 0 Å². The summed E-state index contributed by atoms with van der Waals surface area (Å²) in [6.45, 7) is 0. The fourth-order valence-electron chi connectivity index (χ4n) is 0.732. The molecule has 0 aliphatic heterocycles. The van der Waals surface area contributed by atoms with Crippen molar-refractivity contribution in [2.75, 3.05) is 0 Å². The maximum absolute atomic E-state index is 10.2. The average Bonchev–Trinajstić information content (AvgIpc) is 2.04. The minimum atomic E-state index is -1.70. The molecule has 1 rings (SSSR count). The summed E-state index contributed by atoms with van der Waals surface area (Å²) in [5.74, 6) is -0.00870. The van der Waals surface area contributed by atoms with Gasteiger partial charge in [0.2, 0.25) is 0 Å². The molecule has 0 bridgehead atoms. The standard InChI is InChI=1S/C7H5NO5.Ag/c9-7(10)13-6-3-1-5(2-4-6)8(11)12;/h1-4H,(H,9,10);/q;+1/p-1. The molecule has 0 heterocycles. The number of carbonyl (C=O) groups is 1.